The second-order valence-corrected chi connectivity index (χ2v) is 13.3. The molecule has 2 heterocycles. The third-order valence-corrected chi connectivity index (χ3v) is 10.7. The van der Waals surface area contributed by atoms with Gasteiger partial charge in [-0.05, 0) is 77.4 Å². The summed E-state index contributed by atoms with van der Waals surface area (Å²) < 4.78 is 6.68. The lowest BCUT2D eigenvalue weighted by Crippen LogP contribution is -2.22. The minimum Gasteiger partial charge on any atom is -0.489 e. The molecular formula is C45H34N2O. The molecule has 0 amide bonds. The van der Waals surface area contributed by atoms with Gasteiger partial charge in [-0.2, -0.15) is 0 Å². The summed E-state index contributed by atoms with van der Waals surface area (Å²) in [6.45, 7) is 0. The molecule has 6 aromatic carbocycles. The summed E-state index contributed by atoms with van der Waals surface area (Å²) in [7, 11) is 0. The highest BCUT2D eigenvalue weighted by Crippen LogP contribution is 2.52. The summed E-state index contributed by atoms with van der Waals surface area (Å²) in [5.74, 6) is 1.55. The lowest BCUT2D eigenvalue weighted by Gasteiger charge is -2.28. The number of ether oxygens (including phenoxy) is 1. The molecule has 1 aromatic heterocycles. The first-order valence-electron chi connectivity index (χ1n) is 17.2. The lowest BCUT2D eigenvalue weighted by molar-refractivity contribution is 0.164. The minimum atomic E-state index is 0.302. The molecule has 1 saturated carbocycles. The van der Waals surface area contributed by atoms with Gasteiger partial charge in [-0.25, -0.2) is 0 Å². The molecule has 2 atom stereocenters. The van der Waals surface area contributed by atoms with Crippen LogP contribution in [0.3, 0.4) is 0 Å². The van der Waals surface area contributed by atoms with Crippen LogP contribution in [0.4, 0.5) is 17.1 Å². The van der Waals surface area contributed by atoms with Gasteiger partial charge in [0.25, 0.3) is 0 Å². The van der Waals surface area contributed by atoms with Crippen molar-refractivity contribution in [2.24, 2.45) is 0 Å². The molecule has 2 unspecified atom stereocenters. The fourth-order valence-corrected chi connectivity index (χ4v) is 8.51. The van der Waals surface area contributed by atoms with Crippen LogP contribution in [0.5, 0.6) is 5.75 Å². The van der Waals surface area contributed by atoms with Crippen LogP contribution in [0.1, 0.15) is 37.2 Å². The summed E-state index contributed by atoms with van der Waals surface area (Å²) in [6.07, 6.45) is 7.11. The average Bonchev–Trinajstić information content (AvgIpc) is 3.48. The Bertz CT molecular complexity index is 2310. The molecule has 0 radical (unpaired) electrons. The molecule has 0 N–H and O–H groups in total. The standard InChI is InChI=1S/C45H34N2O/c1-2-11-29(12-3-1)30-13-8-14-31(27-30)47(32-22-23-36-35-17-6-7-21-42(35)48-43(36)28-32)41-25-24-40-44-37(18-9-19-39(41)44)33-15-4-5-16-34(33)38-20-10-26-46-45(38)40/h1-5,8-16,18-20,22-28,35,42H,6-7,17,21H2. The van der Waals surface area contributed by atoms with Gasteiger partial charge in [-0.3, -0.25) is 4.98 Å². The number of aromatic nitrogens is 1. The maximum Gasteiger partial charge on any atom is 0.125 e. The number of fused-ring (bicyclic) bond motifs is 8. The summed E-state index contributed by atoms with van der Waals surface area (Å²) in [5.41, 5.74) is 14.2. The maximum atomic E-state index is 6.68. The van der Waals surface area contributed by atoms with Gasteiger partial charge < -0.3 is 9.64 Å². The number of anilines is 3. The van der Waals surface area contributed by atoms with Crippen LogP contribution in [-0.2, 0) is 0 Å². The van der Waals surface area contributed by atoms with Crippen LogP contribution in [0.2, 0.25) is 0 Å². The predicted molar refractivity (Wildman–Crippen MR) is 197 cm³/mol. The van der Waals surface area contributed by atoms with Gasteiger partial charge in [0.2, 0.25) is 0 Å². The van der Waals surface area contributed by atoms with Crippen LogP contribution in [-0.4, -0.2) is 11.1 Å². The normalized spacial score (nSPS) is 17.0. The van der Waals surface area contributed by atoms with E-state index < -0.39 is 0 Å². The van der Waals surface area contributed by atoms with E-state index in [4.69, 9.17) is 9.72 Å². The van der Waals surface area contributed by atoms with Crippen molar-refractivity contribution in [3.63, 3.8) is 0 Å². The molecule has 0 saturated heterocycles. The fraction of sp³-hybridized carbons (Fsp3) is 0.133. The van der Waals surface area contributed by atoms with E-state index in [9.17, 15) is 0 Å². The van der Waals surface area contributed by atoms with E-state index >= 15 is 0 Å². The fourth-order valence-electron chi connectivity index (χ4n) is 8.51. The Morgan fingerprint density at radius 3 is 2.23 bits per heavy atom. The molecule has 230 valence electrons. The third kappa shape index (κ3) is 4.24. The largest absolute Gasteiger partial charge is 0.489 e. The number of nitrogens with zero attached hydrogens (tertiary/aromatic N) is 2. The molecule has 48 heavy (non-hydrogen) atoms. The molecule has 2 aliphatic carbocycles. The second-order valence-electron chi connectivity index (χ2n) is 13.3. The van der Waals surface area contributed by atoms with E-state index in [0.717, 1.165) is 40.5 Å². The zero-order valence-electron chi connectivity index (χ0n) is 26.6. The zero-order chi connectivity index (χ0) is 31.6. The Balaban J connectivity index is 1.23. The summed E-state index contributed by atoms with van der Waals surface area (Å²) in [5, 5.41) is 2.42. The van der Waals surface area contributed by atoms with Crippen LogP contribution in [0.25, 0.3) is 55.4 Å². The van der Waals surface area contributed by atoms with Gasteiger partial charge in [0.1, 0.15) is 11.9 Å². The van der Waals surface area contributed by atoms with Crippen molar-refractivity contribution in [1.29, 1.82) is 0 Å². The molecule has 0 bridgehead atoms. The van der Waals surface area contributed by atoms with E-state index in [1.807, 2.05) is 12.3 Å². The Morgan fingerprint density at radius 1 is 0.562 bits per heavy atom. The first-order chi connectivity index (χ1) is 23.8. The molecule has 7 aromatic rings. The topological polar surface area (TPSA) is 25.4 Å². The molecule has 1 aliphatic heterocycles. The van der Waals surface area contributed by atoms with Crippen LogP contribution in [0.15, 0.2) is 146 Å². The highest BCUT2D eigenvalue weighted by atomic mass is 16.5. The summed E-state index contributed by atoms with van der Waals surface area (Å²) >= 11 is 0. The van der Waals surface area contributed by atoms with Crippen LogP contribution >= 0.6 is 0 Å². The smallest absolute Gasteiger partial charge is 0.125 e. The van der Waals surface area contributed by atoms with E-state index in [2.05, 4.69) is 138 Å². The van der Waals surface area contributed by atoms with Crippen molar-refractivity contribution in [3.05, 3.63) is 151 Å². The Labute approximate surface area is 281 Å². The first kappa shape index (κ1) is 27.4. The van der Waals surface area contributed by atoms with Gasteiger partial charge >= 0.3 is 0 Å². The van der Waals surface area contributed by atoms with Crippen molar-refractivity contribution in [3.8, 4) is 50.4 Å². The predicted octanol–water partition coefficient (Wildman–Crippen LogP) is 12.1. The van der Waals surface area contributed by atoms with Crippen molar-refractivity contribution in [2.45, 2.75) is 37.7 Å². The number of rotatable bonds is 4. The molecule has 0 spiro atoms. The quantitative estimate of drug-likeness (QED) is 0.196. The minimum absolute atomic E-state index is 0.302. The Kier molecular flexibility index (Phi) is 6.26. The van der Waals surface area contributed by atoms with Gasteiger partial charge in [-0.1, -0.05) is 110 Å². The van der Waals surface area contributed by atoms with Gasteiger partial charge in [0, 0.05) is 57.0 Å². The molecule has 3 nitrogen and oxygen atoms in total. The summed E-state index contributed by atoms with van der Waals surface area (Å²) in [6, 6.07) is 50.8. The zero-order valence-corrected chi connectivity index (χ0v) is 26.6. The SMILES string of the molecule is c1ccc(-c2cccc(N(c3ccc4c(c3)OC3CCCCC43)c3ccc4c5c(cccc35)-c3ccccc3-c3cccnc3-4)c2)cc1. The monoisotopic (exact) mass is 618 g/mol. The first-order valence-corrected chi connectivity index (χ1v) is 17.2. The van der Waals surface area contributed by atoms with E-state index in [1.54, 1.807) is 0 Å². The average molecular weight is 619 g/mol. The lowest BCUT2D eigenvalue weighted by atomic mass is 9.83. The maximum absolute atomic E-state index is 6.68. The van der Waals surface area contributed by atoms with E-state index in [1.165, 1.54) is 69.0 Å². The third-order valence-electron chi connectivity index (χ3n) is 10.7. The van der Waals surface area contributed by atoms with E-state index in [0.29, 0.717) is 12.0 Å². The van der Waals surface area contributed by atoms with Gasteiger partial charge in [0.15, 0.2) is 0 Å². The van der Waals surface area contributed by atoms with Crippen molar-refractivity contribution in [1.82, 2.24) is 4.98 Å². The highest BCUT2D eigenvalue weighted by molar-refractivity contribution is 6.16. The molecule has 1 fully saturated rings. The van der Waals surface area contributed by atoms with Crippen LogP contribution in [0, 0.1) is 0 Å². The molecule has 3 heteroatoms. The Morgan fingerprint density at radius 2 is 1.31 bits per heavy atom. The number of hydrogen-bond donors (Lipinski definition) is 0. The van der Waals surface area contributed by atoms with Gasteiger partial charge in [0.05, 0.1) is 11.4 Å². The molecule has 10 rings (SSSR count). The number of hydrogen-bond acceptors (Lipinski definition) is 3. The highest BCUT2D eigenvalue weighted by Gasteiger charge is 2.36. The summed E-state index contributed by atoms with van der Waals surface area (Å²) in [4.78, 5) is 7.41. The Hall–Kier alpha value is -5.67. The molecule has 3 aliphatic rings. The van der Waals surface area contributed by atoms with Crippen molar-refractivity contribution < 1.29 is 4.74 Å². The van der Waals surface area contributed by atoms with Gasteiger partial charge in [-0.15, -0.1) is 0 Å². The molecular weight excluding hydrogens is 585 g/mol. The van der Waals surface area contributed by atoms with Crippen molar-refractivity contribution in [2.75, 3.05) is 4.90 Å². The second kappa shape index (κ2) is 11.0. The van der Waals surface area contributed by atoms with Crippen LogP contribution < -0.4 is 9.64 Å². The number of pyridine rings is 1. The number of benzene rings is 6. The van der Waals surface area contributed by atoms with E-state index in [-0.39, 0.29) is 0 Å². The van der Waals surface area contributed by atoms with Crippen molar-refractivity contribution >= 4 is 27.8 Å².